The second-order valence-electron chi connectivity index (χ2n) is 3.40. The third-order valence-corrected chi connectivity index (χ3v) is 2.08. The molecule has 0 aromatic rings. The molecule has 0 bridgehead atoms. The van der Waals surface area contributed by atoms with Gasteiger partial charge in [-0.05, 0) is 12.8 Å². The molecule has 84 valence electrons. The maximum atomic E-state index is 10.9. The summed E-state index contributed by atoms with van der Waals surface area (Å²) in [6.07, 6.45) is 3.56. The maximum Gasteiger partial charge on any atom is 0.242 e. The molecule has 0 aliphatic carbocycles. The Labute approximate surface area is 85.8 Å². The minimum atomic E-state index is -0.121. The molecule has 4 heteroatoms. The van der Waals surface area contributed by atoms with Crippen molar-refractivity contribution in [2.24, 2.45) is 0 Å². The lowest BCUT2D eigenvalue weighted by Gasteiger charge is -2.22. The van der Waals surface area contributed by atoms with Gasteiger partial charge >= 0.3 is 0 Å². The Morgan fingerprint density at radius 3 is 2.57 bits per heavy atom. The molecule has 0 rings (SSSR count). The average molecular weight is 203 g/mol. The molecule has 1 atom stereocenters. The van der Waals surface area contributed by atoms with Gasteiger partial charge in [-0.15, -0.1) is 0 Å². The van der Waals surface area contributed by atoms with Crippen LogP contribution < -0.4 is 0 Å². The van der Waals surface area contributed by atoms with Crippen molar-refractivity contribution in [3.63, 3.8) is 0 Å². The van der Waals surface area contributed by atoms with Crippen molar-refractivity contribution in [3.8, 4) is 0 Å². The van der Waals surface area contributed by atoms with Crippen molar-refractivity contribution in [3.05, 3.63) is 0 Å². The molecular weight excluding hydrogens is 182 g/mol. The predicted octanol–water partition coefficient (Wildman–Crippen LogP) is 1.34. The van der Waals surface area contributed by atoms with E-state index >= 15 is 0 Å². The van der Waals surface area contributed by atoms with Crippen LogP contribution in [0.1, 0.15) is 39.5 Å². The highest BCUT2D eigenvalue weighted by Gasteiger charge is 2.13. The summed E-state index contributed by atoms with van der Waals surface area (Å²) in [6, 6.07) is 0. The molecule has 4 nitrogen and oxygen atoms in total. The van der Waals surface area contributed by atoms with Gasteiger partial charge in [0.1, 0.15) is 0 Å². The molecule has 1 unspecified atom stereocenters. The van der Waals surface area contributed by atoms with Gasteiger partial charge in [0.25, 0.3) is 0 Å². The van der Waals surface area contributed by atoms with Crippen molar-refractivity contribution in [2.45, 2.75) is 45.6 Å². The van der Waals surface area contributed by atoms with E-state index in [2.05, 4.69) is 6.92 Å². The van der Waals surface area contributed by atoms with Gasteiger partial charge in [-0.25, -0.2) is 5.06 Å². The number of nitrogens with zero attached hydrogens (tertiary/aromatic N) is 1. The van der Waals surface area contributed by atoms with Gasteiger partial charge in [0.2, 0.25) is 5.91 Å². The first-order valence-corrected chi connectivity index (χ1v) is 5.13. The Balaban J connectivity index is 3.87. The van der Waals surface area contributed by atoms with Crippen LogP contribution in [-0.4, -0.2) is 35.8 Å². The number of hydroxylamine groups is 2. The van der Waals surface area contributed by atoms with Crippen LogP contribution >= 0.6 is 0 Å². The summed E-state index contributed by atoms with van der Waals surface area (Å²) in [5, 5.41) is 10.0. The van der Waals surface area contributed by atoms with E-state index in [9.17, 15) is 4.79 Å². The van der Waals surface area contributed by atoms with E-state index in [4.69, 9.17) is 9.94 Å². The molecule has 14 heavy (non-hydrogen) atoms. The van der Waals surface area contributed by atoms with Crippen LogP contribution in [0.15, 0.2) is 0 Å². The first-order valence-electron chi connectivity index (χ1n) is 5.13. The number of aliphatic hydroxyl groups is 1. The number of rotatable bonds is 7. The molecule has 0 aromatic carbocycles. The molecule has 0 radical (unpaired) electrons. The van der Waals surface area contributed by atoms with Crippen LogP contribution in [0.25, 0.3) is 0 Å². The first kappa shape index (κ1) is 13.4. The number of amides is 1. The minimum absolute atomic E-state index is 0.0474. The van der Waals surface area contributed by atoms with Gasteiger partial charge in [-0.2, -0.15) is 0 Å². The van der Waals surface area contributed by atoms with E-state index in [1.165, 1.54) is 12.0 Å². The summed E-state index contributed by atoms with van der Waals surface area (Å²) in [6.45, 7) is 3.65. The van der Waals surface area contributed by atoms with E-state index < -0.39 is 0 Å². The SMILES string of the molecule is CCCCC(CCO)ON(C)C(C)=O. The number of carbonyl (C=O) groups excluding carboxylic acids is 1. The normalized spacial score (nSPS) is 12.6. The summed E-state index contributed by atoms with van der Waals surface area (Å²) in [7, 11) is 1.60. The fraction of sp³-hybridized carbons (Fsp3) is 0.900. The molecule has 0 saturated carbocycles. The van der Waals surface area contributed by atoms with Crippen LogP contribution in [0, 0.1) is 0 Å². The highest BCUT2D eigenvalue weighted by molar-refractivity contribution is 5.71. The van der Waals surface area contributed by atoms with Crippen LogP contribution in [0.5, 0.6) is 0 Å². The van der Waals surface area contributed by atoms with Gasteiger partial charge in [0, 0.05) is 20.6 Å². The molecule has 0 heterocycles. The van der Waals surface area contributed by atoms with Crippen LogP contribution in [0.3, 0.4) is 0 Å². The minimum Gasteiger partial charge on any atom is -0.396 e. The van der Waals surface area contributed by atoms with E-state index in [1.54, 1.807) is 7.05 Å². The first-order chi connectivity index (χ1) is 6.61. The van der Waals surface area contributed by atoms with Crippen molar-refractivity contribution in [1.82, 2.24) is 5.06 Å². The van der Waals surface area contributed by atoms with Crippen LogP contribution in [0.4, 0.5) is 0 Å². The molecule has 0 fully saturated rings. The summed E-state index contributed by atoms with van der Waals surface area (Å²) >= 11 is 0. The van der Waals surface area contributed by atoms with E-state index in [1.807, 2.05) is 0 Å². The van der Waals surface area contributed by atoms with Crippen molar-refractivity contribution in [2.75, 3.05) is 13.7 Å². The summed E-state index contributed by atoms with van der Waals surface area (Å²) < 4.78 is 0. The van der Waals surface area contributed by atoms with Crippen LogP contribution in [-0.2, 0) is 9.63 Å². The number of hydrogen-bond donors (Lipinski definition) is 1. The number of aliphatic hydroxyl groups excluding tert-OH is 1. The zero-order valence-electron chi connectivity index (χ0n) is 9.32. The molecular formula is C10H21NO3. The lowest BCUT2D eigenvalue weighted by Crippen LogP contribution is -2.30. The Morgan fingerprint density at radius 1 is 1.50 bits per heavy atom. The second kappa shape index (κ2) is 7.76. The Hall–Kier alpha value is -0.610. The Bertz CT molecular complexity index is 161. The monoisotopic (exact) mass is 203 g/mol. The Kier molecular flexibility index (Phi) is 7.42. The number of hydrogen-bond acceptors (Lipinski definition) is 3. The largest absolute Gasteiger partial charge is 0.396 e. The summed E-state index contributed by atoms with van der Waals surface area (Å²) in [5.41, 5.74) is 0. The lowest BCUT2D eigenvalue weighted by molar-refractivity contribution is -0.197. The Morgan fingerprint density at radius 2 is 2.14 bits per heavy atom. The van der Waals surface area contributed by atoms with E-state index in [0.29, 0.717) is 6.42 Å². The predicted molar refractivity (Wildman–Crippen MR) is 54.5 cm³/mol. The smallest absolute Gasteiger partial charge is 0.242 e. The molecule has 0 aromatic heterocycles. The van der Waals surface area contributed by atoms with Gasteiger partial charge < -0.3 is 5.11 Å². The van der Waals surface area contributed by atoms with Gasteiger partial charge in [0.15, 0.2) is 0 Å². The maximum absolute atomic E-state index is 10.9. The standard InChI is InChI=1S/C10H21NO3/c1-4-5-6-10(7-8-12)14-11(3)9(2)13/h10,12H,4-8H2,1-3H3. The average Bonchev–Trinajstić information content (AvgIpc) is 2.14. The topological polar surface area (TPSA) is 49.8 Å². The highest BCUT2D eigenvalue weighted by Crippen LogP contribution is 2.09. The van der Waals surface area contributed by atoms with E-state index in [-0.39, 0.29) is 18.6 Å². The second-order valence-corrected chi connectivity index (χ2v) is 3.40. The lowest BCUT2D eigenvalue weighted by atomic mass is 10.1. The van der Waals surface area contributed by atoms with Gasteiger partial charge in [-0.3, -0.25) is 9.63 Å². The fourth-order valence-corrected chi connectivity index (χ4v) is 1.12. The van der Waals surface area contributed by atoms with Crippen molar-refractivity contribution in [1.29, 1.82) is 0 Å². The van der Waals surface area contributed by atoms with Crippen molar-refractivity contribution < 1.29 is 14.7 Å². The van der Waals surface area contributed by atoms with Gasteiger partial charge in [0.05, 0.1) is 6.10 Å². The van der Waals surface area contributed by atoms with E-state index in [0.717, 1.165) is 19.3 Å². The quantitative estimate of drug-likeness (QED) is 0.635. The molecule has 0 aliphatic rings. The molecule has 1 N–H and O–H groups in total. The van der Waals surface area contributed by atoms with Crippen LogP contribution in [0.2, 0.25) is 0 Å². The fourth-order valence-electron chi connectivity index (χ4n) is 1.12. The molecule has 0 aliphatic heterocycles. The summed E-state index contributed by atoms with van der Waals surface area (Å²) in [4.78, 5) is 16.3. The summed E-state index contributed by atoms with van der Waals surface area (Å²) in [5.74, 6) is -0.121. The number of carbonyl (C=O) groups is 1. The number of unbranched alkanes of at least 4 members (excludes halogenated alkanes) is 1. The van der Waals surface area contributed by atoms with Crippen molar-refractivity contribution >= 4 is 5.91 Å². The third kappa shape index (κ3) is 5.94. The molecule has 1 amide bonds. The molecule has 0 saturated heterocycles. The van der Waals surface area contributed by atoms with Gasteiger partial charge in [-0.1, -0.05) is 19.8 Å². The third-order valence-electron chi connectivity index (χ3n) is 2.08. The highest BCUT2D eigenvalue weighted by atomic mass is 16.7. The zero-order valence-corrected chi connectivity index (χ0v) is 9.32. The zero-order chi connectivity index (χ0) is 11.0. The molecule has 0 spiro atoms.